The summed E-state index contributed by atoms with van der Waals surface area (Å²) in [6.07, 6.45) is 5.21. The van der Waals surface area contributed by atoms with Gasteiger partial charge in [0.25, 0.3) is 0 Å². The standard InChI is InChI=1S/C8H8BrN/c1-3-4-8(6-10)5-7(2)9/h3-5H,2H2,1H3/b4-3-,8-5+. The number of nitriles is 1. The smallest absolute Gasteiger partial charge is 0.0991 e. The van der Waals surface area contributed by atoms with E-state index in [2.05, 4.69) is 22.5 Å². The van der Waals surface area contributed by atoms with E-state index in [0.29, 0.717) is 10.1 Å². The van der Waals surface area contributed by atoms with Crippen molar-refractivity contribution in [3.63, 3.8) is 0 Å². The van der Waals surface area contributed by atoms with Gasteiger partial charge in [-0.3, -0.25) is 0 Å². The van der Waals surface area contributed by atoms with Crippen molar-refractivity contribution in [2.24, 2.45) is 0 Å². The molecule has 0 spiro atoms. The molecule has 0 radical (unpaired) electrons. The first-order valence-electron chi connectivity index (χ1n) is 2.79. The monoisotopic (exact) mass is 197 g/mol. The molecular formula is C8H8BrN. The van der Waals surface area contributed by atoms with Crippen LogP contribution >= 0.6 is 15.9 Å². The molecule has 0 aromatic rings. The molecule has 2 heteroatoms. The highest BCUT2D eigenvalue weighted by molar-refractivity contribution is 9.11. The van der Waals surface area contributed by atoms with Crippen LogP contribution in [-0.2, 0) is 0 Å². The Kier molecular flexibility index (Phi) is 4.61. The maximum Gasteiger partial charge on any atom is 0.0991 e. The second kappa shape index (κ2) is 5.01. The van der Waals surface area contributed by atoms with Gasteiger partial charge in [-0.2, -0.15) is 5.26 Å². The van der Waals surface area contributed by atoms with E-state index in [1.54, 1.807) is 12.2 Å². The van der Waals surface area contributed by atoms with Crippen molar-refractivity contribution >= 4 is 15.9 Å². The van der Waals surface area contributed by atoms with Gasteiger partial charge in [-0.15, -0.1) is 0 Å². The van der Waals surface area contributed by atoms with Gasteiger partial charge in [-0.1, -0.05) is 28.6 Å². The Bertz CT molecular complexity index is 218. The van der Waals surface area contributed by atoms with Gasteiger partial charge in [0.05, 0.1) is 11.6 Å². The van der Waals surface area contributed by atoms with Crippen LogP contribution in [0.15, 0.2) is 34.9 Å². The fourth-order valence-electron chi connectivity index (χ4n) is 0.466. The van der Waals surface area contributed by atoms with E-state index in [1.165, 1.54) is 0 Å². The van der Waals surface area contributed by atoms with Gasteiger partial charge >= 0.3 is 0 Å². The zero-order valence-corrected chi connectivity index (χ0v) is 7.35. The molecule has 0 N–H and O–H groups in total. The fraction of sp³-hybridized carbons (Fsp3) is 0.125. The Morgan fingerprint density at radius 1 is 1.70 bits per heavy atom. The van der Waals surface area contributed by atoms with Crippen molar-refractivity contribution < 1.29 is 0 Å². The van der Waals surface area contributed by atoms with E-state index < -0.39 is 0 Å². The van der Waals surface area contributed by atoms with Crippen LogP contribution in [0.1, 0.15) is 6.92 Å². The van der Waals surface area contributed by atoms with Crippen molar-refractivity contribution in [3.05, 3.63) is 34.9 Å². The average molecular weight is 198 g/mol. The van der Waals surface area contributed by atoms with E-state index in [1.807, 2.05) is 19.1 Å². The van der Waals surface area contributed by atoms with Crippen molar-refractivity contribution in [2.75, 3.05) is 0 Å². The lowest BCUT2D eigenvalue weighted by Crippen LogP contribution is -1.69. The maximum atomic E-state index is 8.47. The lowest BCUT2D eigenvalue weighted by Gasteiger charge is -1.84. The van der Waals surface area contributed by atoms with Crippen LogP contribution in [0.4, 0.5) is 0 Å². The van der Waals surface area contributed by atoms with Gasteiger partial charge in [-0.05, 0) is 19.1 Å². The largest absolute Gasteiger partial charge is 0.192 e. The predicted octanol–water partition coefficient (Wildman–Crippen LogP) is 2.92. The van der Waals surface area contributed by atoms with Gasteiger partial charge < -0.3 is 0 Å². The lowest BCUT2D eigenvalue weighted by atomic mass is 10.2. The van der Waals surface area contributed by atoms with Crippen molar-refractivity contribution in [1.29, 1.82) is 5.26 Å². The zero-order valence-electron chi connectivity index (χ0n) is 5.76. The number of allylic oxidation sites excluding steroid dienone is 5. The Morgan fingerprint density at radius 3 is 2.60 bits per heavy atom. The van der Waals surface area contributed by atoms with Gasteiger partial charge in [-0.25, -0.2) is 0 Å². The molecule has 0 heterocycles. The van der Waals surface area contributed by atoms with Crippen molar-refractivity contribution in [3.8, 4) is 6.07 Å². The molecule has 0 aromatic carbocycles. The number of hydrogen-bond donors (Lipinski definition) is 0. The first-order valence-corrected chi connectivity index (χ1v) is 3.59. The second-order valence-electron chi connectivity index (χ2n) is 1.66. The highest BCUT2D eigenvalue weighted by Crippen LogP contribution is 2.06. The van der Waals surface area contributed by atoms with E-state index >= 15 is 0 Å². The molecular weight excluding hydrogens is 190 g/mol. The van der Waals surface area contributed by atoms with Crippen LogP contribution in [0.2, 0.25) is 0 Å². The Hall–Kier alpha value is -0.810. The number of halogens is 1. The summed E-state index contributed by atoms with van der Waals surface area (Å²) in [4.78, 5) is 0. The van der Waals surface area contributed by atoms with E-state index in [-0.39, 0.29) is 0 Å². The second-order valence-corrected chi connectivity index (χ2v) is 2.68. The molecule has 0 saturated carbocycles. The molecule has 0 saturated heterocycles. The van der Waals surface area contributed by atoms with E-state index in [9.17, 15) is 0 Å². The third-order valence-corrected chi connectivity index (χ3v) is 1.02. The summed E-state index contributed by atoms with van der Waals surface area (Å²) in [5, 5.41) is 8.47. The average Bonchev–Trinajstić information content (AvgIpc) is 1.86. The fourth-order valence-corrected chi connectivity index (χ4v) is 0.713. The maximum absolute atomic E-state index is 8.47. The van der Waals surface area contributed by atoms with Gasteiger partial charge in [0.2, 0.25) is 0 Å². The quantitative estimate of drug-likeness (QED) is 0.494. The molecule has 0 aromatic heterocycles. The van der Waals surface area contributed by atoms with Crippen LogP contribution < -0.4 is 0 Å². The molecule has 0 bridgehead atoms. The Labute approximate surface area is 69.5 Å². The summed E-state index contributed by atoms with van der Waals surface area (Å²) in [5.41, 5.74) is 0.601. The molecule has 0 amide bonds. The molecule has 0 fully saturated rings. The predicted molar refractivity (Wildman–Crippen MR) is 46.6 cm³/mol. The molecule has 0 rings (SSSR count). The summed E-state index contributed by atoms with van der Waals surface area (Å²) in [7, 11) is 0. The minimum absolute atomic E-state index is 0.601. The topological polar surface area (TPSA) is 23.8 Å². The van der Waals surface area contributed by atoms with Crippen LogP contribution in [0.5, 0.6) is 0 Å². The first-order chi connectivity index (χ1) is 4.70. The summed E-state index contributed by atoms with van der Waals surface area (Å²) in [6, 6.07) is 2.02. The molecule has 0 aliphatic carbocycles. The molecule has 1 nitrogen and oxygen atoms in total. The molecule has 0 atom stereocenters. The minimum Gasteiger partial charge on any atom is -0.192 e. The highest BCUT2D eigenvalue weighted by Gasteiger charge is 1.86. The molecule has 0 unspecified atom stereocenters. The number of hydrogen-bond acceptors (Lipinski definition) is 1. The van der Waals surface area contributed by atoms with Gasteiger partial charge in [0.15, 0.2) is 0 Å². The number of rotatable bonds is 2. The van der Waals surface area contributed by atoms with Crippen LogP contribution in [-0.4, -0.2) is 0 Å². The van der Waals surface area contributed by atoms with Crippen molar-refractivity contribution in [2.45, 2.75) is 6.92 Å². The summed E-state index contributed by atoms with van der Waals surface area (Å²) in [5.74, 6) is 0. The van der Waals surface area contributed by atoms with Gasteiger partial charge in [0.1, 0.15) is 0 Å². The molecule has 0 aliphatic rings. The van der Waals surface area contributed by atoms with Crippen molar-refractivity contribution in [1.82, 2.24) is 0 Å². The lowest BCUT2D eigenvalue weighted by molar-refractivity contribution is 1.49. The number of nitrogens with zero attached hydrogens (tertiary/aromatic N) is 1. The first kappa shape index (κ1) is 9.19. The summed E-state index contributed by atoms with van der Waals surface area (Å²) < 4.78 is 0.710. The van der Waals surface area contributed by atoms with E-state index in [0.717, 1.165) is 0 Å². The zero-order chi connectivity index (χ0) is 7.98. The van der Waals surface area contributed by atoms with E-state index in [4.69, 9.17) is 5.26 Å². The SMILES string of the molecule is C=C(Br)/C=C(C#N)\C=C/C. The normalized spacial score (nSPS) is 11.5. The van der Waals surface area contributed by atoms with Crippen LogP contribution in [0, 0.1) is 11.3 Å². The van der Waals surface area contributed by atoms with Crippen LogP contribution in [0.3, 0.4) is 0 Å². The van der Waals surface area contributed by atoms with Gasteiger partial charge in [0, 0.05) is 4.48 Å². The Balaban J connectivity index is 4.38. The third kappa shape index (κ3) is 4.11. The summed E-state index contributed by atoms with van der Waals surface area (Å²) >= 11 is 3.13. The Morgan fingerprint density at radius 2 is 2.30 bits per heavy atom. The summed E-state index contributed by atoms with van der Waals surface area (Å²) in [6.45, 7) is 5.44. The minimum atomic E-state index is 0.601. The third-order valence-electron chi connectivity index (χ3n) is 0.787. The molecule has 0 aliphatic heterocycles. The van der Waals surface area contributed by atoms with Crippen LogP contribution in [0.25, 0.3) is 0 Å². The molecule has 10 heavy (non-hydrogen) atoms. The molecule has 52 valence electrons. The highest BCUT2D eigenvalue weighted by atomic mass is 79.9.